The molecule has 0 bridgehead atoms. The van der Waals surface area contributed by atoms with E-state index in [2.05, 4.69) is 5.10 Å². The van der Waals surface area contributed by atoms with E-state index in [0.29, 0.717) is 6.54 Å². The van der Waals surface area contributed by atoms with E-state index in [1.165, 1.54) is 16.9 Å². The van der Waals surface area contributed by atoms with Crippen molar-refractivity contribution in [3.05, 3.63) is 22.4 Å². The molecule has 0 aromatic carbocycles. The second-order valence-corrected chi connectivity index (χ2v) is 4.06. The monoisotopic (exact) mass is 211 g/mol. The fraction of sp³-hybridized carbons (Fsp3) is 0.667. The summed E-state index contributed by atoms with van der Waals surface area (Å²) in [4.78, 5) is 9.87. The van der Waals surface area contributed by atoms with Crippen LogP contribution < -0.4 is 0 Å². The van der Waals surface area contributed by atoms with E-state index in [1.807, 2.05) is 0 Å². The van der Waals surface area contributed by atoms with Crippen LogP contribution in [-0.4, -0.2) is 25.4 Å². The molecule has 6 nitrogen and oxygen atoms in total. The van der Waals surface area contributed by atoms with Gasteiger partial charge < -0.3 is 15.2 Å². The van der Waals surface area contributed by atoms with Crippen molar-refractivity contribution in [2.75, 3.05) is 0 Å². The molecule has 0 amide bonds. The number of hydrogen-bond acceptors (Lipinski definition) is 4. The zero-order valence-electron chi connectivity index (χ0n) is 8.30. The van der Waals surface area contributed by atoms with Crippen molar-refractivity contribution in [2.24, 2.45) is 0 Å². The lowest BCUT2D eigenvalue weighted by atomic mass is 10.0. The van der Waals surface area contributed by atoms with Gasteiger partial charge in [-0.15, -0.1) is 0 Å². The van der Waals surface area contributed by atoms with Crippen molar-refractivity contribution in [1.29, 1.82) is 0 Å². The van der Waals surface area contributed by atoms with Gasteiger partial charge >= 0.3 is 5.82 Å². The van der Waals surface area contributed by atoms with Crippen LogP contribution in [0.2, 0.25) is 0 Å². The predicted octanol–water partition coefficient (Wildman–Crippen LogP) is 1.10. The molecule has 0 radical (unpaired) electrons. The Morgan fingerprint density at radius 3 is 2.80 bits per heavy atom. The van der Waals surface area contributed by atoms with Gasteiger partial charge in [0, 0.05) is 0 Å². The molecule has 0 unspecified atom stereocenters. The van der Waals surface area contributed by atoms with Gasteiger partial charge in [-0.05, 0) is 17.8 Å². The van der Waals surface area contributed by atoms with Crippen molar-refractivity contribution in [1.82, 2.24) is 9.78 Å². The number of nitro groups is 1. The van der Waals surface area contributed by atoms with Gasteiger partial charge in [-0.3, -0.25) is 0 Å². The molecule has 0 saturated heterocycles. The molecular weight excluding hydrogens is 198 g/mol. The first-order valence-corrected chi connectivity index (χ1v) is 4.99. The first-order valence-electron chi connectivity index (χ1n) is 4.99. The molecule has 0 aliphatic heterocycles. The standard InChI is InChI=1S/C9H13N3O3/c13-9(4-1-2-5-9)7-11-6-3-8(10-11)12(14)15/h3,6,13H,1-2,4-5,7H2. The maximum atomic E-state index is 10.4. The van der Waals surface area contributed by atoms with Gasteiger partial charge in [0.1, 0.15) is 0 Å². The Bertz CT molecular complexity index is 368. The molecule has 1 aliphatic rings. The highest BCUT2D eigenvalue weighted by Gasteiger charge is 2.33. The maximum absolute atomic E-state index is 10.4. The molecule has 1 heterocycles. The number of rotatable bonds is 3. The van der Waals surface area contributed by atoms with Crippen LogP contribution in [0.5, 0.6) is 0 Å². The highest BCUT2D eigenvalue weighted by molar-refractivity contribution is 5.14. The number of aromatic nitrogens is 2. The molecule has 1 saturated carbocycles. The van der Waals surface area contributed by atoms with E-state index < -0.39 is 10.5 Å². The smallest absolute Gasteiger partial charge is 0.388 e. The normalized spacial score (nSPS) is 19.3. The van der Waals surface area contributed by atoms with Crippen molar-refractivity contribution < 1.29 is 10.0 Å². The first-order chi connectivity index (χ1) is 7.09. The molecule has 1 aliphatic carbocycles. The van der Waals surface area contributed by atoms with Crippen molar-refractivity contribution in [3.63, 3.8) is 0 Å². The van der Waals surface area contributed by atoms with Crippen LogP contribution in [0, 0.1) is 10.1 Å². The van der Waals surface area contributed by atoms with Crippen molar-refractivity contribution >= 4 is 5.82 Å². The number of nitrogens with zero attached hydrogens (tertiary/aromatic N) is 3. The SMILES string of the molecule is O=[N+]([O-])c1ccn(CC2(O)CCCC2)n1. The minimum atomic E-state index is -0.722. The van der Waals surface area contributed by atoms with Crippen LogP contribution in [0.25, 0.3) is 0 Å². The summed E-state index contributed by atoms with van der Waals surface area (Å²) < 4.78 is 1.45. The molecule has 1 N–H and O–H groups in total. The van der Waals surface area contributed by atoms with Crippen LogP contribution >= 0.6 is 0 Å². The van der Waals surface area contributed by atoms with E-state index in [9.17, 15) is 15.2 Å². The number of hydrogen-bond donors (Lipinski definition) is 1. The quantitative estimate of drug-likeness (QED) is 0.599. The van der Waals surface area contributed by atoms with Gasteiger partial charge in [-0.25, -0.2) is 0 Å². The first kappa shape index (κ1) is 10.1. The van der Waals surface area contributed by atoms with Gasteiger partial charge in [0.25, 0.3) is 0 Å². The largest absolute Gasteiger partial charge is 0.389 e. The molecular formula is C9H13N3O3. The topological polar surface area (TPSA) is 81.2 Å². The fourth-order valence-corrected chi connectivity index (χ4v) is 2.03. The van der Waals surface area contributed by atoms with E-state index in [4.69, 9.17) is 0 Å². The van der Waals surface area contributed by atoms with Gasteiger partial charge in [0.2, 0.25) is 0 Å². The van der Waals surface area contributed by atoms with Crippen LogP contribution in [0.15, 0.2) is 12.3 Å². The Morgan fingerprint density at radius 2 is 2.27 bits per heavy atom. The van der Waals surface area contributed by atoms with Crippen LogP contribution in [0.3, 0.4) is 0 Å². The Labute approximate surface area is 86.7 Å². The summed E-state index contributed by atoms with van der Waals surface area (Å²) in [6.45, 7) is 0.348. The zero-order valence-corrected chi connectivity index (χ0v) is 8.30. The molecule has 0 spiro atoms. The van der Waals surface area contributed by atoms with Crippen LogP contribution in [0.4, 0.5) is 5.82 Å². The third-order valence-electron chi connectivity index (χ3n) is 2.80. The number of aliphatic hydroxyl groups is 1. The lowest BCUT2D eigenvalue weighted by molar-refractivity contribution is -0.389. The van der Waals surface area contributed by atoms with Crippen molar-refractivity contribution in [3.8, 4) is 0 Å². The van der Waals surface area contributed by atoms with Crippen LogP contribution in [-0.2, 0) is 6.54 Å². The molecule has 15 heavy (non-hydrogen) atoms. The summed E-state index contributed by atoms with van der Waals surface area (Å²) in [7, 11) is 0. The second-order valence-electron chi connectivity index (χ2n) is 4.06. The molecule has 1 fully saturated rings. The predicted molar refractivity (Wildman–Crippen MR) is 52.3 cm³/mol. The molecule has 2 rings (SSSR count). The van der Waals surface area contributed by atoms with Crippen LogP contribution in [0.1, 0.15) is 25.7 Å². The Hall–Kier alpha value is -1.43. The third-order valence-corrected chi connectivity index (χ3v) is 2.80. The summed E-state index contributed by atoms with van der Waals surface area (Å²) in [6.07, 6.45) is 5.06. The van der Waals surface area contributed by atoms with E-state index in [1.54, 1.807) is 0 Å². The summed E-state index contributed by atoms with van der Waals surface area (Å²) >= 11 is 0. The second kappa shape index (κ2) is 3.62. The minimum Gasteiger partial charge on any atom is -0.388 e. The Kier molecular flexibility index (Phi) is 2.44. The molecule has 0 atom stereocenters. The summed E-state index contributed by atoms with van der Waals surface area (Å²) in [6, 6.07) is 1.35. The highest BCUT2D eigenvalue weighted by Crippen LogP contribution is 2.30. The maximum Gasteiger partial charge on any atom is 0.389 e. The fourth-order valence-electron chi connectivity index (χ4n) is 2.03. The molecule has 6 heteroatoms. The summed E-state index contributed by atoms with van der Waals surface area (Å²) in [5.41, 5.74) is -0.722. The van der Waals surface area contributed by atoms with Crippen molar-refractivity contribution in [2.45, 2.75) is 37.8 Å². The van der Waals surface area contributed by atoms with Gasteiger partial charge in [0.05, 0.1) is 29.5 Å². The summed E-state index contributed by atoms with van der Waals surface area (Å²) in [5, 5.41) is 24.2. The van der Waals surface area contributed by atoms with Gasteiger partial charge in [-0.2, -0.15) is 4.68 Å². The lowest BCUT2D eigenvalue weighted by Gasteiger charge is -2.19. The third kappa shape index (κ3) is 2.15. The van der Waals surface area contributed by atoms with Gasteiger partial charge in [0.15, 0.2) is 0 Å². The molecule has 1 aromatic rings. The lowest BCUT2D eigenvalue weighted by Crippen LogP contribution is -2.30. The molecule has 82 valence electrons. The average Bonchev–Trinajstić information content (AvgIpc) is 2.75. The van der Waals surface area contributed by atoms with E-state index in [-0.39, 0.29) is 5.82 Å². The zero-order chi connectivity index (χ0) is 10.9. The van der Waals surface area contributed by atoms with Gasteiger partial charge in [-0.1, -0.05) is 12.8 Å². The Balaban J connectivity index is 2.07. The molecule has 1 aromatic heterocycles. The Morgan fingerprint density at radius 1 is 1.60 bits per heavy atom. The van der Waals surface area contributed by atoms with E-state index >= 15 is 0 Å². The summed E-state index contributed by atoms with van der Waals surface area (Å²) in [5.74, 6) is -0.170. The van der Waals surface area contributed by atoms with E-state index in [0.717, 1.165) is 25.7 Å². The average molecular weight is 211 g/mol. The minimum absolute atomic E-state index is 0.170. The highest BCUT2D eigenvalue weighted by atomic mass is 16.6.